The van der Waals surface area contributed by atoms with Crippen LogP contribution in [0, 0.1) is 23.1 Å². The molecule has 0 saturated heterocycles. The molecule has 0 spiro atoms. The van der Waals surface area contributed by atoms with Gasteiger partial charge in [-0.15, -0.1) is 0 Å². The molecule has 0 aromatic heterocycles. The molecule has 98 valence electrons. The molecule has 1 aromatic carbocycles. The molecule has 0 radical (unpaired) electrons. The Morgan fingerprint density at radius 3 is 2.72 bits per heavy atom. The summed E-state index contributed by atoms with van der Waals surface area (Å²) in [6.45, 7) is 4.87. The molecule has 4 heteroatoms. The maximum absolute atomic E-state index is 13.1. The van der Waals surface area contributed by atoms with E-state index in [1.165, 1.54) is 6.07 Å². The molecule has 1 rings (SSSR count). The predicted molar refractivity (Wildman–Crippen MR) is 68.3 cm³/mol. The van der Waals surface area contributed by atoms with Crippen LogP contribution >= 0.6 is 0 Å². The molecule has 0 fully saturated rings. The van der Waals surface area contributed by atoms with Crippen molar-refractivity contribution >= 4 is 0 Å². The number of aliphatic hydroxyl groups excluding tert-OH is 1. The van der Waals surface area contributed by atoms with E-state index in [4.69, 9.17) is 10.4 Å². The average Bonchev–Trinajstić information content (AvgIpc) is 2.35. The van der Waals surface area contributed by atoms with Crippen molar-refractivity contribution in [3.63, 3.8) is 0 Å². The normalized spacial score (nSPS) is 12.4. The third-order valence-corrected chi connectivity index (χ3v) is 2.96. The molecule has 2 N–H and O–H groups in total. The van der Waals surface area contributed by atoms with Crippen LogP contribution in [0.1, 0.15) is 31.4 Å². The highest BCUT2D eigenvalue weighted by Gasteiger charge is 2.12. The summed E-state index contributed by atoms with van der Waals surface area (Å²) in [6, 6.07) is 6.57. The van der Waals surface area contributed by atoms with Gasteiger partial charge in [-0.05, 0) is 30.0 Å². The van der Waals surface area contributed by atoms with Gasteiger partial charge < -0.3 is 10.4 Å². The first-order valence-electron chi connectivity index (χ1n) is 6.11. The number of hydrogen-bond acceptors (Lipinski definition) is 3. The van der Waals surface area contributed by atoms with Gasteiger partial charge in [0.1, 0.15) is 11.9 Å². The molecule has 0 aliphatic heterocycles. The Bertz CT molecular complexity index is 426. The first-order valence-corrected chi connectivity index (χ1v) is 6.11. The number of nitriles is 1. The number of hydrogen-bond donors (Lipinski definition) is 2. The monoisotopic (exact) mass is 250 g/mol. The third kappa shape index (κ3) is 4.10. The van der Waals surface area contributed by atoms with Crippen LogP contribution in [0.15, 0.2) is 18.2 Å². The Labute approximate surface area is 107 Å². The topological polar surface area (TPSA) is 56.0 Å². The number of benzene rings is 1. The van der Waals surface area contributed by atoms with E-state index in [-0.39, 0.29) is 18.2 Å². The van der Waals surface area contributed by atoms with Crippen LogP contribution in [0.5, 0.6) is 0 Å². The molecule has 0 saturated carbocycles. The van der Waals surface area contributed by atoms with E-state index in [2.05, 4.69) is 19.2 Å². The highest BCUT2D eigenvalue weighted by molar-refractivity contribution is 5.34. The Morgan fingerprint density at radius 2 is 2.17 bits per heavy atom. The van der Waals surface area contributed by atoms with Gasteiger partial charge in [0.25, 0.3) is 0 Å². The summed E-state index contributed by atoms with van der Waals surface area (Å²) in [6.07, 6.45) is 0.684. The van der Waals surface area contributed by atoms with Crippen molar-refractivity contribution < 1.29 is 9.50 Å². The lowest BCUT2D eigenvalue weighted by molar-refractivity contribution is 0.244. The van der Waals surface area contributed by atoms with Crippen molar-refractivity contribution in [2.24, 2.45) is 5.92 Å². The zero-order valence-corrected chi connectivity index (χ0v) is 10.8. The van der Waals surface area contributed by atoms with Gasteiger partial charge in [-0.3, -0.25) is 0 Å². The summed E-state index contributed by atoms with van der Waals surface area (Å²) in [5, 5.41) is 21.0. The second-order valence-corrected chi connectivity index (χ2v) is 4.67. The Hall–Kier alpha value is -1.44. The zero-order valence-electron chi connectivity index (χ0n) is 10.8. The fourth-order valence-electron chi connectivity index (χ4n) is 1.83. The summed E-state index contributed by atoms with van der Waals surface area (Å²) < 4.78 is 13.1. The molecule has 1 aromatic rings. The molecule has 0 amide bonds. The summed E-state index contributed by atoms with van der Waals surface area (Å²) >= 11 is 0. The standard InChI is InChI=1S/C14H19FN2O/c1-10(2)14(5-6-18)17-9-11-3-4-13(15)12(7-11)8-16/h3-4,7,10,14,17-18H,5-6,9H2,1-2H3. The van der Waals surface area contributed by atoms with Gasteiger partial charge in [-0.1, -0.05) is 19.9 Å². The van der Waals surface area contributed by atoms with E-state index in [1.54, 1.807) is 12.1 Å². The van der Waals surface area contributed by atoms with E-state index < -0.39 is 5.82 Å². The minimum absolute atomic E-state index is 0.0672. The van der Waals surface area contributed by atoms with Gasteiger partial charge in [-0.2, -0.15) is 5.26 Å². The SMILES string of the molecule is CC(C)C(CCO)NCc1ccc(F)c(C#N)c1. The Morgan fingerprint density at radius 1 is 1.44 bits per heavy atom. The number of nitrogens with zero attached hydrogens (tertiary/aromatic N) is 1. The van der Waals surface area contributed by atoms with Gasteiger partial charge in [0, 0.05) is 19.2 Å². The largest absolute Gasteiger partial charge is 0.396 e. The molecule has 3 nitrogen and oxygen atoms in total. The number of nitrogens with one attached hydrogen (secondary N) is 1. The second-order valence-electron chi connectivity index (χ2n) is 4.67. The lowest BCUT2D eigenvalue weighted by Crippen LogP contribution is -2.34. The maximum Gasteiger partial charge on any atom is 0.140 e. The van der Waals surface area contributed by atoms with Crippen LogP contribution in [0.3, 0.4) is 0 Å². The van der Waals surface area contributed by atoms with Crippen molar-refractivity contribution in [2.45, 2.75) is 32.9 Å². The van der Waals surface area contributed by atoms with Gasteiger partial charge >= 0.3 is 0 Å². The molecule has 1 unspecified atom stereocenters. The molecule has 0 bridgehead atoms. The Kier molecular flexibility index (Phi) is 5.76. The first-order chi connectivity index (χ1) is 8.58. The number of rotatable bonds is 6. The number of aliphatic hydroxyl groups is 1. The van der Waals surface area contributed by atoms with Crippen LogP contribution in [0.4, 0.5) is 4.39 Å². The van der Waals surface area contributed by atoms with Crippen molar-refractivity contribution in [2.75, 3.05) is 6.61 Å². The lowest BCUT2D eigenvalue weighted by Gasteiger charge is -2.21. The molecular weight excluding hydrogens is 231 g/mol. The van der Waals surface area contributed by atoms with Gasteiger partial charge in [-0.25, -0.2) is 4.39 Å². The average molecular weight is 250 g/mol. The predicted octanol–water partition coefficient (Wildman–Crippen LogP) is 2.19. The van der Waals surface area contributed by atoms with Crippen LogP contribution < -0.4 is 5.32 Å². The van der Waals surface area contributed by atoms with Crippen LogP contribution in [-0.4, -0.2) is 17.8 Å². The molecule has 0 heterocycles. The first kappa shape index (κ1) is 14.6. The van der Waals surface area contributed by atoms with Crippen molar-refractivity contribution in [3.8, 4) is 6.07 Å². The highest BCUT2D eigenvalue weighted by atomic mass is 19.1. The summed E-state index contributed by atoms with van der Waals surface area (Å²) in [7, 11) is 0. The van der Waals surface area contributed by atoms with Crippen LogP contribution in [-0.2, 0) is 6.54 Å². The van der Waals surface area contributed by atoms with Gasteiger partial charge in [0.05, 0.1) is 5.56 Å². The lowest BCUT2D eigenvalue weighted by atomic mass is 10.0. The fraction of sp³-hybridized carbons (Fsp3) is 0.500. The molecular formula is C14H19FN2O. The number of halogens is 1. The van der Waals surface area contributed by atoms with Gasteiger partial charge in [0.2, 0.25) is 0 Å². The Balaban J connectivity index is 2.65. The maximum atomic E-state index is 13.1. The van der Waals surface area contributed by atoms with Crippen molar-refractivity contribution in [1.29, 1.82) is 5.26 Å². The highest BCUT2D eigenvalue weighted by Crippen LogP contribution is 2.11. The van der Waals surface area contributed by atoms with Crippen LogP contribution in [0.2, 0.25) is 0 Å². The molecule has 0 aliphatic rings. The smallest absolute Gasteiger partial charge is 0.140 e. The van der Waals surface area contributed by atoms with E-state index in [9.17, 15) is 4.39 Å². The van der Waals surface area contributed by atoms with E-state index in [1.807, 2.05) is 6.07 Å². The van der Waals surface area contributed by atoms with Crippen LogP contribution in [0.25, 0.3) is 0 Å². The van der Waals surface area contributed by atoms with E-state index >= 15 is 0 Å². The molecule has 18 heavy (non-hydrogen) atoms. The minimum atomic E-state index is -0.489. The molecule has 0 aliphatic carbocycles. The summed E-state index contributed by atoms with van der Waals surface area (Å²) in [5.74, 6) is -0.0787. The second kappa shape index (κ2) is 7.10. The molecule has 1 atom stereocenters. The third-order valence-electron chi connectivity index (χ3n) is 2.96. The van der Waals surface area contributed by atoms with E-state index in [0.717, 1.165) is 5.56 Å². The van der Waals surface area contributed by atoms with E-state index in [0.29, 0.717) is 18.9 Å². The van der Waals surface area contributed by atoms with Crippen molar-refractivity contribution in [3.05, 3.63) is 35.1 Å². The fourth-order valence-corrected chi connectivity index (χ4v) is 1.83. The summed E-state index contributed by atoms with van der Waals surface area (Å²) in [5.41, 5.74) is 0.939. The van der Waals surface area contributed by atoms with Crippen molar-refractivity contribution in [1.82, 2.24) is 5.32 Å². The van der Waals surface area contributed by atoms with Gasteiger partial charge in [0.15, 0.2) is 0 Å². The summed E-state index contributed by atoms with van der Waals surface area (Å²) in [4.78, 5) is 0. The quantitative estimate of drug-likeness (QED) is 0.813. The zero-order chi connectivity index (χ0) is 13.5. The minimum Gasteiger partial charge on any atom is -0.396 e.